The first kappa shape index (κ1) is 25.2. The van der Waals surface area contributed by atoms with Gasteiger partial charge in [-0.05, 0) is 54.4 Å². The minimum absolute atomic E-state index is 0.0588. The molecule has 37 heavy (non-hydrogen) atoms. The summed E-state index contributed by atoms with van der Waals surface area (Å²) in [5.74, 6) is -0.302. The fraction of sp³-hybridized carbons (Fsp3) is 0.296. The van der Waals surface area contributed by atoms with Crippen LogP contribution in [0.5, 0.6) is 5.75 Å². The van der Waals surface area contributed by atoms with E-state index in [-0.39, 0.29) is 29.7 Å². The van der Waals surface area contributed by atoms with Crippen LogP contribution >= 0.6 is 0 Å². The standard InChI is InChI=1S/C27H27FN2O6S/c28-18-6-9-21(10-7-18)37(33,34)30-19-8-11-24-22(12-19)23-13-20(35-25(16-31)27(23)36-24)14-26(32)29-15-17-4-2-1-3-5-17/h1-12,20,23,25,27,30-31H,13-16H2,(H,29,32)/t20-,23-,25+,27+/m1/s1. The molecule has 3 aromatic carbocycles. The molecule has 194 valence electrons. The molecule has 2 heterocycles. The normalized spacial score (nSPS) is 22.4. The van der Waals surface area contributed by atoms with Gasteiger partial charge in [-0.15, -0.1) is 0 Å². The minimum atomic E-state index is -3.92. The highest BCUT2D eigenvalue weighted by Crippen LogP contribution is 2.47. The van der Waals surface area contributed by atoms with Crippen molar-refractivity contribution in [3.63, 3.8) is 0 Å². The molecule has 0 aromatic heterocycles. The highest BCUT2D eigenvalue weighted by atomic mass is 32.2. The number of aliphatic hydroxyl groups is 1. The zero-order valence-corrected chi connectivity index (χ0v) is 20.7. The smallest absolute Gasteiger partial charge is 0.261 e. The van der Waals surface area contributed by atoms with E-state index in [4.69, 9.17) is 9.47 Å². The molecular formula is C27H27FN2O6S. The van der Waals surface area contributed by atoms with Gasteiger partial charge in [0.15, 0.2) is 0 Å². The number of benzene rings is 3. The van der Waals surface area contributed by atoms with Crippen LogP contribution in [0.3, 0.4) is 0 Å². The lowest BCUT2D eigenvalue weighted by Gasteiger charge is -2.37. The summed E-state index contributed by atoms with van der Waals surface area (Å²) >= 11 is 0. The fourth-order valence-corrected chi connectivity index (χ4v) is 5.91. The Morgan fingerprint density at radius 1 is 1.05 bits per heavy atom. The first-order valence-corrected chi connectivity index (χ1v) is 13.5. The van der Waals surface area contributed by atoms with Gasteiger partial charge in [0.1, 0.15) is 23.8 Å². The van der Waals surface area contributed by atoms with Crippen LogP contribution in [0.1, 0.15) is 29.9 Å². The summed E-state index contributed by atoms with van der Waals surface area (Å²) < 4.78 is 53.3. The molecule has 5 rings (SSSR count). The molecule has 1 saturated heterocycles. The molecule has 1 fully saturated rings. The van der Waals surface area contributed by atoms with E-state index in [1.54, 1.807) is 18.2 Å². The van der Waals surface area contributed by atoms with Gasteiger partial charge >= 0.3 is 0 Å². The maximum absolute atomic E-state index is 13.2. The Morgan fingerprint density at radius 3 is 2.54 bits per heavy atom. The first-order valence-electron chi connectivity index (χ1n) is 12.0. The fourth-order valence-electron chi connectivity index (χ4n) is 4.86. The molecular weight excluding hydrogens is 499 g/mol. The summed E-state index contributed by atoms with van der Waals surface area (Å²) in [5, 5.41) is 12.8. The monoisotopic (exact) mass is 526 g/mol. The molecule has 0 radical (unpaired) electrons. The highest BCUT2D eigenvalue weighted by Gasteiger charge is 2.46. The van der Waals surface area contributed by atoms with Gasteiger partial charge in [0.05, 0.1) is 24.0 Å². The lowest BCUT2D eigenvalue weighted by Crippen LogP contribution is -2.47. The number of carbonyl (C=O) groups is 1. The van der Waals surface area contributed by atoms with Crippen molar-refractivity contribution in [2.45, 2.75) is 48.5 Å². The molecule has 1 amide bonds. The first-order chi connectivity index (χ1) is 17.8. The maximum atomic E-state index is 13.2. The molecule has 10 heteroatoms. The quantitative estimate of drug-likeness (QED) is 0.415. The van der Waals surface area contributed by atoms with Crippen molar-refractivity contribution in [3.8, 4) is 5.75 Å². The molecule has 0 saturated carbocycles. The maximum Gasteiger partial charge on any atom is 0.261 e. The second-order valence-electron chi connectivity index (χ2n) is 9.18. The van der Waals surface area contributed by atoms with Gasteiger partial charge in [0.2, 0.25) is 5.91 Å². The number of anilines is 1. The Morgan fingerprint density at radius 2 is 1.81 bits per heavy atom. The number of hydrogen-bond acceptors (Lipinski definition) is 6. The molecule has 2 aliphatic heterocycles. The zero-order chi connectivity index (χ0) is 26.0. The second kappa shape index (κ2) is 10.5. The zero-order valence-electron chi connectivity index (χ0n) is 19.8. The van der Waals surface area contributed by atoms with E-state index in [0.29, 0.717) is 24.4 Å². The highest BCUT2D eigenvalue weighted by molar-refractivity contribution is 7.92. The number of ether oxygens (including phenoxy) is 2. The number of hydrogen-bond donors (Lipinski definition) is 3. The van der Waals surface area contributed by atoms with Crippen molar-refractivity contribution in [1.29, 1.82) is 0 Å². The molecule has 0 unspecified atom stereocenters. The number of fused-ring (bicyclic) bond motifs is 3. The lowest BCUT2D eigenvalue weighted by atomic mass is 9.84. The summed E-state index contributed by atoms with van der Waals surface area (Å²) in [6, 6.07) is 19.1. The largest absolute Gasteiger partial charge is 0.487 e. The molecule has 4 atom stereocenters. The third kappa shape index (κ3) is 5.61. The Bertz CT molecular complexity index is 1370. The number of sulfonamides is 1. The van der Waals surface area contributed by atoms with Gasteiger partial charge in [-0.25, -0.2) is 12.8 Å². The predicted octanol–water partition coefficient (Wildman–Crippen LogP) is 3.33. The van der Waals surface area contributed by atoms with Crippen molar-refractivity contribution in [2.75, 3.05) is 11.3 Å². The summed E-state index contributed by atoms with van der Waals surface area (Å²) in [6.07, 6.45) is -0.923. The van der Waals surface area contributed by atoms with Crippen LogP contribution in [-0.2, 0) is 26.1 Å². The molecule has 2 aliphatic rings. The van der Waals surface area contributed by atoms with E-state index in [2.05, 4.69) is 10.0 Å². The molecule has 3 N–H and O–H groups in total. The van der Waals surface area contributed by atoms with E-state index in [9.17, 15) is 22.7 Å². The van der Waals surface area contributed by atoms with Crippen molar-refractivity contribution < 1.29 is 32.2 Å². The summed E-state index contributed by atoms with van der Waals surface area (Å²) in [7, 11) is -3.92. The van der Waals surface area contributed by atoms with Crippen molar-refractivity contribution in [1.82, 2.24) is 5.32 Å². The van der Waals surface area contributed by atoms with E-state index < -0.39 is 34.2 Å². The van der Waals surface area contributed by atoms with E-state index >= 15 is 0 Å². The number of aliphatic hydroxyl groups excluding tert-OH is 1. The summed E-state index contributed by atoms with van der Waals surface area (Å²) in [5.41, 5.74) is 2.10. The Kier molecular flexibility index (Phi) is 7.14. The summed E-state index contributed by atoms with van der Waals surface area (Å²) in [6.45, 7) is 0.132. The van der Waals surface area contributed by atoms with Gasteiger partial charge < -0.3 is 19.9 Å². The molecule has 3 aromatic rings. The van der Waals surface area contributed by atoms with E-state index in [0.717, 1.165) is 23.3 Å². The minimum Gasteiger partial charge on any atom is -0.487 e. The third-order valence-corrected chi connectivity index (χ3v) is 8.02. The third-order valence-electron chi connectivity index (χ3n) is 6.62. The predicted molar refractivity (Wildman–Crippen MR) is 134 cm³/mol. The van der Waals surface area contributed by atoms with Crippen LogP contribution < -0.4 is 14.8 Å². The molecule has 0 bridgehead atoms. The van der Waals surface area contributed by atoms with Gasteiger partial charge in [-0.3, -0.25) is 9.52 Å². The molecule has 8 nitrogen and oxygen atoms in total. The lowest BCUT2D eigenvalue weighted by molar-refractivity contribution is -0.142. The van der Waals surface area contributed by atoms with Gasteiger partial charge in [0, 0.05) is 23.7 Å². The number of halogens is 1. The topological polar surface area (TPSA) is 114 Å². The van der Waals surface area contributed by atoms with Gasteiger partial charge in [0.25, 0.3) is 10.0 Å². The van der Waals surface area contributed by atoms with Crippen LogP contribution in [0.2, 0.25) is 0 Å². The number of rotatable bonds is 8. The Labute approximate surface area is 214 Å². The van der Waals surface area contributed by atoms with Crippen LogP contribution in [0.15, 0.2) is 77.7 Å². The van der Waals surface area contributed by atoms with Crippen molar-refractivity contribution >= 4 is 21.6 Å². The number of nitrogens with one attached hydrogen (secondary N) is 2. The van der Waals surface area contributed by atoms with Crippen molar-refractivity contribution in [3.05, 3.63) is 89.7 Å². The number of carbonyl (C=O) groups excluding carboxylic acids is 1. The van der Waals surface area contributed by atoms with Crippen LogP contribution in [0, 0.1) is 5.82 Å². The Hall–Kier alpha value is -3.47. The van der Waals surface area contributed by atoms with Crippen molar-refractivity contribution in [2.24, 2.45) is 0 Å². The average Bonchev–Trinajstić information content (AvgIpc) is 3.25. The second-order valence-corrected chi connectivity index (χ2v) is 10.9. The SMILES string of the molecule is O=C(C[C@H]1C[C@@H]2c3cc(NS(=O)(=O)c4ccc(F)cc4)ccc3O[C@@H]2[C@H](CO)O1)NCc1ccccc1. The molecule has 0 aliphatic carbocycles. The average molecular weight is 527 g/mol. The van der Waals surface area contributed by atoms with Crippen LogP contribution in [0.25, 0.3) is 0 Å². The van der Waals surface area contributed by atoms with Gasteiger partial charge in [-0.2, -0.15) is 0 Å². The van der Waals surface area contributed by atoms with E-state index in [1.807, 2.05) is 30.3 Å². The summed E-state index contributed by atoms with van der Waals surface area (Å²) in [4.78, 5) is 12.5. The van der Waals surface area contributed by atoms with E-state index in [1.165, 1.54) is 12.1 Å². The van der Waals surface area contributed by atoms with Gasteiger partial charge in [-0.1, -0.05) is 30.3 Å². The Balaban J connectivity index is 1.29. The molecule has 0 spiro atoms. The van der Waals surface area contributed by atoms with Crippen LogP contribution in [0.4, 0.5) is 10.1 Å². The number of amides is 1. The van der Waals surface area contributed by atoms with Crippen LogP contribution in [-0.4, -0.2) is 44.4 Å².